The van der Waals surface area contributed by atoms with Crippen molar-refractivity contribution < 1.29 is 4.74 Å². The Morgan fingerprint density at radius 2 is 1.90 bits per heavy atom. The molecular weight excluding hydrogens is 402 g/mol. The summed E-state index contributed by atoms with van der Waals surface area (Å²) in [6.45, 7) is 0. The molecule has 2 aromatic heterocycles. The van der Waals surface area contributed by atoms with Crippen molar-refractivity contribution in [2.45, 2.75) is 25.7 Å². The maximum absolute atomic E-state index is 6.29. The molecule has 0 aliphatic heterocycles. The average molecular weight is 422 g/mol. The second kappa shape index (κ2) is 7.65. The van der Waals surface area contributed by atoms with Crippen LogP contribution in [0.15, 0.2) is 48.1 Å². The minimum Gasteiger partial charge on any atom is -0.495 e. The number of rotatable bonds is 4. The lowest BCUT2D eigenvalue weighted by Gasteiger charge is -2.16. The Balaban J connectivity index is 1.58. The molecule has 0 amide bonds. The van der Waals surface area contributed by atoms with E-state index in [1.54, 1.807) is 24.8 Å². The molecule has 2 aromatic carbocycles. The number of fused-ring (bicyclic) bond motifs is 2. The van der Waals surface area contributed by atoms with Gasteiger partial charge in [-0.15, -0.1) is 11.3 Å². The van der Waals surface area contributed by atoms with Gasteiger partial charge in [0.1, 0.15) is 22.7 Å². The summed E-state index contributed by atoms with van der Waals surface area (Å²) in [7, 11) is 1.61. The molecule has 0 saturated heterocycles. The number of methoxy groups -OCH3 is 1. The number of hydrogen-bond donors (Lipinski definition) is 1. The van der Waals surface area contributed by atoms with E-state index >= 15 is 0 Å². The molecule has 6 heteroatoms. The van der Waals surface area contributed by atoms with Gasteiger partial charge < -0.3 is 10.1 Å². The van der Waals surface area contributed by atoms with Gasteiger partial charge in [0.25, 0.3) is 0 Å². The predicted molar refractivity (Wildman–Crippen MR) is 121 cm³/mol. The van der Waals surface area contributed by atoms with E-state index in [4.69, 9.17) is 16.3 Å². The van der Waals surface area contributed by atoms with Gasteiger partial charge in [-0.25, -0.2) is 9.97 Å². The van der Waals surface area contributed by atoms with Crippen LogP contribution in [-0.2, 0) is 12.8 Å². The van der Waals surface area contributed by atoms with Crippen molar-refractivity contribution in [3.05, 3.63) is 64.3 Å². The predicted octanol–water partition coefficient (Wildman–Crippen LogP) is 6.64. The fraction of sp³-hybridized carbons (Fsp3) is 0.217. The van der Waals surface area contributed by atoms with Crippen molar-refractivity contribution in [2.75, 3.05) is 12.4 Å². The van der Waals surface area contributed by atoms with Crippen LogP contribution in [0.4, 0.5) is 11.5 Å². The molecule has 4 aromatic rings. The van der Waals surface area contributed by atoms with E-state index in [2.05, 4.69) is 38.9 Å². The third-order valence-electron chi connectivity index (χ3n) is 5.44. The summed E-state index contributed by atoms with van der Waals surface area (Å²) in [4.78, 5) is 9.98. The number of ether oxygens (including phenoxy) is 1. The van der Waals surface area contributed by atoms with E-state index in [0.717, 1.165) is 28.1 Å². The lowest BCUT2D eigenvalue weighted by molar-refractivity contribution is 0.415. The van der Waals surface area contributed by atoms with Crippen LogP contribution < -0.4 is 10.1 Å². The first-order valence-electron chi connectivity index (χ1n) is 9.68. The van der Waals surface area contributed by atoms with E-state index in [9.17, 15) is 0 Å². The summed E-state index contributed by atoms with van der Waals surface area (Å²) in [5.41, 5.74) is 6.21. The summed E-state index contributed by atoms with van der Waals surface area (Å²) in [6.07, 6.45) is 6.52. The van der Waals surface area contributed by atoms with Crippen LogP contribution in [0.5, 0.6) is 5.75 Å². The first-order chi connectivity index (χ1) is 14.2. The first kappa shape index (κ1) is 18.4. The van der Waals surface area contributed by atoms with Crippen LogP contribution in [0.25, 0.3) is 21.3 Å². The quantitative estimate of drug-likeness (QED) is 0.401. The molecule has 0 saturated carbocycles. The lowest BCUT2D eigenvalue weighted by Crippen LogP contribution is -2.02. The van der Waals surface area contributed by atoms with Crippen LogP contribution in [-0.4, -0.2) is 17.1 Å². The molecule has 5 rings (SSSR count). The Bertz CT molecular complexity index is 1200. The zero-order valence-corrected chi connectivity index (χ0v) is 17.6. The molecule has 1 aliphatic rings. The van der Waals surface area contributed by atoms with Crippen molar-refractivity contribution in [3.63, 3.8) is 0 Å². The molecule has 0 unspecified atom stereocenters. The highest BCUT2D eigenvalue weighted by Crippen LogP contribution is 2.39. The lowest BCUT2D eigenvalue weighted by atomic mass is 9.89. The number of aryl methyl sites for hydroxylation is 2. The second-order valence-electron chi connectivity index (χ2n) is 7.22. The highest BCUT2D eigenvalue weighted by molar-refractivity contribution is 7.17. The van der Waals surface area contributed by atoms with Gasteiger partial charge in [-0.1, -0.05) is 29.8 Å². The van der Waals surface area contributed by atoms with Crippen LogP contribution in [0, 0.1) is 0 Å². The van der Waals surface area contributed by atoms with Crippen molar-refractivity contribution in [1.82, 2.24) is 9.97 Å². The van der Waals surface area contributed by atoms with E-state index in [1.807, 2.05) is 18.2 Å². The van der Waals surface area contributed by atoms with E-state index in [1.165, 1.54) is 41.5 Å². The zero-order chi connectivity index (χ0) is 19.8. The Labute approximate surface area is 178 Å². The molecule has 0 bridgehead atoms. The standard InChI is InChI=1S/C23H20ClN3OS/c1-28-20-9-8-17(11-19(20)24)27-22-21-18(12-29-23(21)26-13-25-22)16-7-6-14-4-2-3-5-15(14)10-16/h6-13H,2-5H2,1H3,(H,25,26,27). The number of thiophene rings is 1. The van der Waals surface area contributed by atoms with Crippen molar-refractivity contribution in [1.29, 1.82) is 0 Å². The molecule has 1 N–H and O–H groups in total. The maximum atomic E-state index is 6.29. The van der Waals surface area contributed by atoms with Crippen molar-refractivity contribution >= 4 is 44.7 Å². The SMILES string of the molecule is COc1ccc(Nc2ncnc3scc(-c4ccc5c(c4)CCCC5)c23)cc1Cl. The highest BCUT2D eigenvalue weighted by atomic mass is 35.5. The third-order valence-corrected chi connectivity index (χ3v) is 6.63. The maximum Gasteiger partial charge on any atom is 0.143 e. The molecule has 0 spiro atoms. The average Bonchev–Trinajstić information content (AvgIpc) is 3.19. The number of anilines is 2. The monoisotopic (exact) mass is 421 g/mol. The topological polar surface area (TPSA) is 47.0 Å². The van der Waals surface area contributed by atoms with Gasteiger partial charge >= 0.3 is 0 Å². The Morgan fingerprint density at radius 1 is 1.03 bits per heavy atom. The summed E-state index contributed by atoms with van der Waals surface area (Å²) < 4.78 is 5.25. The van der Waals surface area contributed by atoms with Gasteiger partial charge in [-0.05, 0) is 60.6 Å². The molecule has 0 atom stereocenters. The summed E-state index contributed by atoms with van der Waals surface area (Å²) >= 11 is 7.93. The van der Waals surface area contributed by atoms with E-state index < -0.39 is 0 Å². The Morgan fingerprint density at radius 3 is 2.72 bits per heavy atom. The highest BCUT2D eigenvalue weighted by Gasteiger charge is 2.16. The van der Waals surface area contributed by atoms with Gasteiger partial charge in [0.2, 0.25) is 0 Å². The first-order valence-corrected chi connectivity index (χ1v) is 10.9. The van der Waals surface area contributed by atoms with Crippen LogP contribution in [0.3, 0.4) is 0 Å². The van der Waals surface area contributed by atoms with Gasteiger partial charge in [0.05, 0.1) is 17.5 Å². The minimum atomic E-state index is 0.558. The second-order valence-corrected chi connectivity index (χ2v) is 8.48. The van der Waals surface area contributed by atoms with E-state index in [-0.39, 0.29) is 0 Å². The normalized spacial score (nSPS) is 13.3. The van der Waals surface area contributed by atoms with Gasteiger partial charge in [0, 0.05) is 16.6 Å². The number of aromatic nitrogens is 2. The van der Waals surface area contributed by atoms with Crippen molar-refractivity contribution in [3.8, 4) is 16.9 Å². The molecule has 2 heterocycles. The van der Waals surface area contributed by atoms with Crippen LogP contribution in [0.2, 0.25) is 5.02 Å². The number of halogens is 1. The number of nitrogens with zero attached hydrogens (tertiary/aromatic N) is 2. The Kier molecular flexibility index (Phi) is 4.86. The molecule has 4 nitrogen and oxygen atoms in total. The third kappa shape index (κ3) is 3.45. The number of nitrogens with one attached hydrogen (secondary N) is 1. The molecule has 1 aliphatic carbocycles. The number of hydrogen-bond acceptors (Lipinski definition) is 5. The van der Waals surface area contributed by atoms with Crippen LogP contribution >= 0.6 is 22.9 Å². The Hall–Kier alpha value is -2.63. The fourth-order valence-electron chi connectivity index (χ4n) is 3.96. The van der Waals surface area contributed by atoms with E-state index in [0.29, 0.717) is 10.8 Å². The molecule has 29 heavy (non-hydrogen) atoms. The van der Waals surface area contributed by atoms with Gasteiger partial charge in [0.15, 0.2) is 0 Å². The molecule has 146 valence electrons. The van der Waals surface area contributed by atoms with Gasteiger partial charge in [-0.2, -0.15) is 0 Å². The summed E-state index contributed by atoms with van der Waals surface area (Å²) in [6, 6.07) is 12.5. The molecular formula is C23H20ClN3OS. The summed E-state index contributed by atoms with van der Waals surface area (Å²) in [5.74, 6) is 1.43. The largest absolute Gasteiger partial charge is 0.495 e. The fourth-order valence-corrected chi connectivity index (χ4v) is 5.14. The van der Waals surface area contributed by atoms with Crippen molar-refractivity contribution in [2.24, 2.45) is 0 Å². The van der Waals surface area contributed by atoms with Crippen LogP contribution in [0.1, 0.15) is 24.0 Å². The van der Waals surface area contributed by atoms with Gasteiger partial charge in [-0.3, -0.25) is 0 Å². The minimum absolute atomic E-state index is 0.558. The number of benzene rings is 2. The smallest absolute Gasteiger partial charge is 0.143 e. The molecule has 0 radical (unpaired) electrons. The zero-order valence-electron chi connectivity index (χ0n) is 16.0. The molecule has 0 fully saturated rings. The summed E-state index contributed by atoms with van der Waals surface area (Å²) in [5, 5.41) is 7.19.